The second kappa shape index (κ2) is 6.51. The summed E-state index contributed by atoms with van der Waals surface area (Å²) in [6.45, 7) is 2.97. The molecule has 4 heteroatoms. The van der Waals surface area contributed by atoms with E-state index in [0.717, 1.165) is 25.1 Å². The van der Waals surface area contributed by atoms with Crippen LogP contribution in [0.4, 0.5) is 5.69 Å². The molecule has 2 amide bonds. The third kappa shape index (κ3) is 3.16. The number of benzene rings is 1. The molecular formula is C18H24N2O2. The third-order valence-electron chi connectivity index (χ3n) is 4.92. The quantitative estimate of drug-likeness (QED) is 0.932. The van der Waals surface area contributed by atoms with Crippen LogP contribution >= 0.6 is 0 Å². The van der Waals surface area contributed by atoms with E-state index in [4.69, 9.17) is 0 Å². The predicted molar refractivity (Wildman–Crippen MR) is 86.9 cm³/mol. The van der Waals surface area contributed by atoms with Gasteiger partial charge in [0.2, 0.25) is 5.91 Å². The van der Waals surface area contributed by atoms with Crippen molar-refractivity contribution in [1.29, 1.82) is 0 Å². The number of hydrogen-bond acceptors (Lipinski definition) is 2. The van der Waals surface area contributed by atoms with Crippen molar-refractivity contribution in [2.24, 2.45) is 5.92 Å². The third-order valence-corrected chi connectivity index (χ3v) is 4.92. The van der Waals surface area contributed by atoms with Gasteiger partial charge in [-0.25, -0.2) is 0 Å². The van der Waals surface area contributed by atoms with Crippen LogP contribution in [0, 0.1) is 5.92 Å². The molecule has 1 saturated heterocycles. The monoisotopic (exact) mass is 300 g/mol. The smallest absolute Gasteiger partial charge is 0.251 e. The summed E-state index contributed by atoms with van der Waals surface area (Å²) in [4.78, 5) is 26.1. The van der Waals surface area contributed by atoms with Crippen LogP contribution in [0.3, 0.4) is 0 Å². The van der Waals surface area contributed by atoms with E-state index in [1.807, 2.05) is 24.3 Å². The van der Waals surface area contributed by atoms with Gasteiger partial charge in [-0.2, -0.15) is 0 Å². The Morgan fingerprint density at radius 1 is 1.23 bits per heavy atom. The van der Waals surface area contributed by atoms with Gasteiger partial charge >= 0.3 is 0 Å². The highest BCUT2D eigenvalue weighted by Crippen LogP contribution is 2.25. The number of hydrogen-bond donors (Lipinski definition) is 1. The van der Waals surface area contributed by atoms with Crippen LogP contribution in [0.5, 0.6) is 0 Å². The minimum Gasteiger partial charge on any atom is -0.349 e. The molecule has 2 atom stereocenters. The van der Waals surface area contributed by atoms with Gasteiger partial charge in [0.1, 0.15) is 0 Å². The number of nitrogens with zero attached hydrogens (tertiary/aromatic N) is 1. The first-order valence-corrected chi connectivity index (χ1v) is 8.36. The van der Waals surface area contributed by atoms with E-state index in [1.165, 1.54) is 19.3 Å². The molecule has 22 heavy (non-hydrogen) atoms. The minimum absolute atomic E-state index is 0.0211. The molecule has 4 nitrogen and oxygen atoms in total. The van der Waals surface area contributed by atoms with Crippen molar-refractivity contribution in [3.8, 4) is 0 Å². The normalized spacial score (nSPS) is 25.3. The zero-order valence-corrected chi connectivity index (χ0v) is 13.2. The van der Waals surface area contributed by atoms with Gasteiger partial charge < -0.3 is 10.2 Å². The van der Waals surface area contributed by atoms with E-state index in [-0.39, 0.29) is 17.9 Å². The van der Waals surface area contributed by atoms with Gasteiger partial charge in [-0.05, 0) is 43.4 Å². The number of rotatable bonds is 3. The Hall–Kier alpha value is -1.84. The van der Waals surface area contributed by atoms with Crippen LogP contribution in [-0.4, -0.2) is 24.4 Å². The minimum atomic E-state index is -0.0211. The average molecular weight is 300 g/mol. The molecule has 0 bridgehead atoms. The van der Waals surface area contributed by atoms with Crippen molar-refractivity contribution in [3.05, 3.63) is 29.8 Å². The van der Waals surface area contributed by atoms with Gasteiger partial charge in [0, 0.05) is 30.3 Å². The number of nitrogens with one attached hydrogen (secondary N) is 1. The maximum absolute atomic E-state index is 12.5. The zero-order chi connectivity index (χ0) is 15.5. The molecule has 3 rings (SSSR count). The fraction of sp³-hybridized carbons (Fsp3) is 0.556. The number of carbonyl (C=O) groups is 2. The summed E-state index contributed by atoms with van der Waals surface area (Å²) < 4.78 is 0. The van der Waals surface area contributed by atoms with Gasteiger partial charge in [0.05, 0.1) is 0 Å². The molecule has 0 unspecified atom stereocenters. The molecule has 1 N–H and O–H groups in total. The summed E-state index contributed by atoms with van der Waals surface area (Å²) in [6, 6.07) is 7.71. The van der Waals surface area contributed by atoms with Crippen molar-refractivity contribution in [3.63, 3.8) is 0 Å². The Kier molecular flexibility index (Phi) is 4.46. The van der Waals surface area contributed by atoms with Crippen LogP contribution in [0.2, 0.25) is 0 Å². The summed E-state index contributed by atoms with van der Waals surface area (Å²) in [5.74, 6) is 0.673. The molecule has 1 heterocycles. The molecule has 2 fully saturated rings. The van der Waals surface area contributed by atoms with Crippen molar-refractivity contribution >= 4 is 17.5 Å². The van der Waals surface area contributed by atoms with Gasteiger partial charge in [0.25, 0.3) is 5.91 Å². The Morgan fingerprint density at radius 2 is 2.05 bits per heavy atom. The first kappa shape index (κ1) is 15.1. The Bertz CT molecular complexity index is 570. The molecule has 2 aliphatic rings. The van der Waals surface area contributed by atoms with Crippen LogP contribution in [0.15, 0.2) is 24.3 Å². The molecule has 1 saturated carbocycles. The molecule has 1 aliphatic carbocycles. The summed E-state index contributed by atoms with van der Waals surface area (Å²) in [7, 11) is 0. The van der Waals surface area contributed by atoms with E-state index in [2.05, 4.69) is 12.2 Å². The highest BCUT2D eigenvalue weighted by atomic mass is 16.2. The van der Waals surface area contributed by atoms with E-state index < -0.39 is 0 Å². The van der Waals surface area contributed by atoms with Crippen LogP contribution < -0.4 is 10.2 Å². The fourth-order valence-corrected chi connectivity index (χ4v) is 3.52. The summed E-state index contributed by atoms with van der Waals surface area (Å²) >= 11 is 0. The van der Waals surface area contributed by atoms with Crippen LogP contribution in [-0.2, 0) is 4.79 Å². The standard InChI is InChI=1S/C18H24N2O2/c1-13-6-2-3-9-16(13)19-18(22)14-7-4-8-15(12-14)20-11-5-10-17(20)21/h4,7-8,12-13,16H,2-3,5-6,9-11H2,1H3,(H,19,22)/t13-,16+/m1/s1. The topological polar surface area (TPSA) is 49.4 Å². The van der Waals surface area contributed by atoms with Crippen molar-refractivity contribution in [2.45, 2.75) is 51.5 Å². The first-order valence-electron chi connectivity index (χ1n) is 8.36. The Morgan fingerprint density at radius 3 is 2.77 bits per heavy atom. The average Bonchev–Trinajstić information content (AvgIpc) is 2.96. The molecule has 1 aliphatic heterocycles. The maximum Gasteiger partial charge on any atom is 0.251 e. The van der Waals surface area contributed by atoms with Gasteiger partial charge in [-0.15, -0.1) is 0 Å². The lowest BCUT2D eigenvalue weighted by molar-refractivity contribution is -0.117. The van der Waals surface area contributed by atoms with E-state index in [0.29, 0.717) is 17.9 Å². The van der Waals surface area contributed by atoms with Crippen molar-refractivity contribution < 1.29 is 9.59 Å². The molecule has 0 aromatic heterocycles. The zero-order valence-electron chi connectivity index (χ0n) is 13.2. The van der Waals surface area contributed by atoms with Crippen molar-refractivity contribution in [1.82, 2.24) is 5.32 Å². The van der Waals surface area contributed by atoms with Crippen LogP contribution in [0.25, 0.3) is 0 Å². The second-order valence-electron chi connectivity index (χ2n) is 6.54. The first-order chi connectivity index (χ1) is 10.6. The fourth-order valence-electron chi connectivity index (χ4n) is 3.52. The molecular weight excluding hydrogens is 276 g/mol. The summed E-state index contributed by atoms with van der Waals surface area (Å²) in [5.41, 5.74) is 1.49. The molecule has 1 aromatic carbocycles. The van der Waals surface area contributed by atoms with Crippen LogP contribution in [0.1, 0.15) is 55.8 Å². The molecule has 118 valence electrons. The lowest BCUT2D eigenvalue weighted by Gasteiger charge is -2.29. The highest BCUT2D eigenvalue weighted by molar-refractivity contribution is 5.99. The Labute approximate surface area is 131 Å². The van der Waals surface area contributed by atoms with Gasteiger partial charge in [-0.1, -0.05) is 25.8 Å². The van der Waals surface area contributed by atoms with Crippen molar-refractivity contribution in [2.75, 3.05) is 11.4 Å². The van der Waals surface area contributed by atoms with E-state index in [9.17, 15) is 9.59 Å². The maximum atomic E-state index is 12.5. The number of amides is 2. The second-order valence-corrected chi connectivity index (χ2v) is 6.54. The van der Waals surface area contributed by atoms with E-state index in [1.54, 1.807) is 4.90 Å². The number of anilines is 1. The SMILES string of the molecule is C[C@@H]1CCCC[C@@H]1NC(=O)c1cccc(N2CCCC2=O)c1. The highest BCUT2D eigenvalue weighted by Gasteiger charge is 2.25. The number of carbonyl (C=O) groups excluding carboxylic acids is 2. The van der Waals surface area contributed by atoms with Gasteiger partial charge in [0.15, 0.2) is 0 Å². The lowest BCUT2D eigenvalue weighted by atomic mass is 9.86. The summed E-state index contributed by atoms with van der Waals surface area (Å²) in [6.07, 6.45) is 6.22. The Balaban J connectivity index is 1.71. The lowest BCUT2D eigenvalue weighted by Crippen LogP contribution is -2.41. The van der Waals surface area contributed by atoms with Gasteiger partial charge in [-0.3, -0.25) is 9.59 Å². The molecule has 1 aromatic rings. The molecule has 0 spiro atoms. The summed E-state index contributed by atoms with van der Waals surface area (Å²) in [5, 5.41) is 3.17. The molecule has 0 radical (unpaired) electrons. The van der Waals surface area contributed by atoms with E-state index >= 15 is 0 Å². The predicted octanol–water partition coefficient (Wildman–Crippen LogP) is 3.12. The largest absolute Gasteiger partial charge is 0.349 e.